The number of azo groups is 1. The van der Waals surface area contributed by atoms with Crippen molar-refractivity contribution >= 4 is 17.2 Å². The van der Waals surface area contributed by atoms with Gasteiger partial charge in [0.2, 0.25) is 0 Å². The largest absolute Gasteiger partial charge is 0.508 e. The van der Waals surface area contributed by atoms with E-state index >= 15 is 0 Å². The number of fused-ring (bicyclic) bond motifs is 1. The predicted octanol–water partition coefficient (Wildman–Crippen LogP) is 3.56. The molecule has 0 radical (unpaired) electrons. The summed E-state index contributed by atoms with van der Waals surface area (Å²) in [6.45, 7) is 3.68. The van der Waals surface area contributed by atoms with Crippen LogP contribution in [0.25, 0.3) is 5.65 Å². The Kier molecular flexibility index (Phi) is 3.60. The second-order valence-electron chi connectivity index (χ2n) is 5.12. The third-order valence-corrected chi connectivity index (χ3v) is 3.44. The third kappa shape index (κ3) is 2.56. The molecular formula is C16H16N4O2. The molecule has 3 rings (SSSR count). The van der Waals surface area contributed by atoms with Gasteiger partial charge in [-0.25, -0.2) is 4.98 Å². The van der Waals surface area contributed by atoms with E-state index in [2.05, 4.69) is 15.2 Å². The molecule has 2 N–H and O–H groups in total. The summed E-state index contributed by atoms with van der Waals surface area (Å²) < 4.78 is 1.81. The van der Waals surface area contributed by atoms with Crippen LogP contribution in [0.1, 0.15) is 16.8 Å². The van der Waals surface area contributed by atoms with Crippen molar-refractivity contribution in [3.05, 3.63) is 53.3 Å². The molecule has 2 heterocycles. The van der Waals surface area contributed by atoms with Gasteiger partial charge in [0.25, 0.3) is 0 Å². The highest BCUT2D eigenvalue weighted by Gasteiger charge is 2.09. The van der Waals surface area contributed by atoms with E-state index in [4.69, 9.17) is 0 Å². The number of aliphatic hydroxyl groups excluding tert-OH is 1. The highest BCUT2D eigenvalue weighted by molar-refractivity contribution is 5.53. The zero-order valence-corrected chi connectivity index (χ0v) is 12.4. The molecule has 0 aliphatic rings. The highest BCUT2D eigenvalue weighted by Crippen LogP contribution is 2.27. The molecule has 6 heteroatoms. The van der Waals surface area contributed by atoms with Crippen LogP contribution in [0.15, 0.2) is 46.8 Å². The van der Waals surface area contributed by atoms with Crippen LogP contribution >= 0.6 is 0 Å². The van der Waals surface area contributed by atoms with Crippen LogP contribution in [0.4, 0.5) is 11.5 Å². The highest BCUT2D eigenvalue weighted by atomic mass is 16.3. The summed E-state index contributed by atoms with van der Waals surface area (Å²) in [7, 11) is 0. The van der Waals surface area contributed by atoms with Crippen molar-refractivity contribution in [3.8, 4) is 5.75 Å². The van der Waals surface area contributed by atoms with Crippen LogP contribution in [0.5, 0.6) is 5.75 Å². The summed E-state index contributed by atoms with van der Waals surface area (Å²) in [6, 6.07) is 8.59. The first-order valence-electron chi connectivity index (χ1n) is 6.88. The van der Waals surface area contributed by atoms with E-state index in [9.17, 15) is 10.2 Å². The lowest BCUT2D eigenvalue weighted by Crippen LogP contribution is -1.89. The van der Waals surface area contributed by atoms with Gasteiger partial charge in [0.15, 0.2) is 5.82 Å². The number of imidazole rings is 1. The number of rotatable bonds is 3. The van der Waals surface area contributed by atoms with Crippen LogP contribution in [0.3, 0.4) is 0 Å². The fourth-order valence-corrected chi connectivity index (χ4v) is 2.26. The second-order valence-corrected chi connectivity index (χ2v) is 5.12. The van der Waals surface area contributed by atoms with E-state index in [1.807, 2.05) is 26.0 Å². The molecule has 0 fully saturated rings. The minimum Gasteiger partial charge on any atom is -0.508 e. The van der Waals surface area contributed by atoms with E-state index in [1.165, 1.54) is 0 Å². The molecule has 0 bridgehead atoms. The number of pyridine rings is 1. The number of benzene rings is 1. The number of aliphatic hydroxyl groups is 1. The van der Waals surface area contributed by atoms with Crippen LogP contribution in [0.2, 0.25) is 0 Å². The van der Waals surface area contributed by atoms with Crippen LogP contribution < -0.4 is 0 Å². The standard InChI is InChI=1S/C16H16N4O2/c1-10-7-13(22)4-5-14(10)18-19-16-11(2)17-15-6-3-12(9-21)8-20(15)16/h3-8,21-22H,9H2,1-2H3. The first kappa shape index (κ1) is 14.2. The number of aromatic hydroxyl groups is 1. The SMILES string of the molecule is Cc1cc(O)ccc1N=Nc1c(C)nc2ccc(CO)cn12. The lowest BCUT2D eigenvalue weighted by atomic mass is 10.2. The Bertz CT molecular complexity index is 868. The molecule has 2 aromatic heterocycles. The lowest BCUT2D eigenvalue weighted by Gasteiger charge is -2.01. The van der Waals surface area contributed by atoms with Crippen molar-refractivity contribution in [2.24, 2.45) is 10.2 Å². The van der Waals surface area contributed by atoms with Gasteiger partial charge in [-0.3, -0.25) is 4.40 Å². The van der Waals surface area contributed by atoms with Crippen molar-refractivity contribution in [2.45, 2.75) is 20.5 Å². The number of aromatic nitrogens is 2. The molecule has 3 aromatic rings. The Morgan fingerprint density at radius 2 is 1.95 bits per heavy atom. The summed E-state index contributed by atoms with van der Waals surface area (Å²) in [5.74, 6) is 0.827. The maximum absolute atomic E-state index is 9.42. The molecule has 0 saturated heterocycles. The summed E-state index contributed by atoms with van der Waals surface area (Å²) in [4.78, 5) is 4.42. The molecule has 0 aliphatic carbocycles. The predicted molar refractivity (Wildman–Crippen MR) is 82.9 cm³/mol. The van der Waals surface area contributed by atoms with Gasteiger partial charge in [-0.1, -0.05) is 6.07 Å². The summed E-state index contributed by atoms with van der Waals surface area (Å²) in [5, 5.41) is 27.2. The minimum atomic E-state index is -0.0409. The average molecular weight is 296 g/mol. The zero-order valence-electron chi connectivity index (χ0n) is 12.4. The fourth-order valence-electron chi connectivity index (χ4n) is 2.26. The topological polar surface area (TPSA) is 82.5 Å². The van der Waals surface area contributed by atoms with Gasteiger partial charge < -0.3 is 10.2 Å². The van der Waals surface area contributed by atoms with Gasteiger partial charge in [-0.2, -0.15) is 0 Å². The molecular weight excluding hydrogens is 280 g/mol. The molecule has 0 unspecified atom stereocenters. The maximum Gasteiger partial charge on any atom is 0.182 e. The number of phenols is 1. The Morgan fingerprint density at radius 3 is 2.68 bits per heavy atom. The van der Waals surface area contributed by atoms with Crippen molar-refractivity contribution < 1.29 is 10.2 Å². The van der Waals surface area contributed by atoms with Gasteiger partial charge in [-0.15, -0.1) is 10.2 Å². The number of aryl methyl sites for hydroxylation is 2. The Morgan fingerprint density at radius 1 is 1.14 bits per heavy atom. The minimum absolute atomic E-state index is 0.0409. The van der Waals surface area contributed by atoms with E-state index in [0.29, 0.717) is 11.5 Å². The first-order chi connectivity index (χ1) is 10.6. The summed E-state index contributed by atoms with van der Waals surface area (Å²) in [5.41, 5.74) is 3.82. The molecule has 0 atom stereocenters. The first-order valence-corrected chi connectivity index (χ1v) is 6.88. The molecule has 112 valence electrons. The zero-order chi connectivity index (χ0) is 15.7. The molecule has 1 aromatic carbocycles. The smallest absolute Gasteiger partial charge is 0.182 e. The molecule has 22 heavy (non-hydrogen) atoms. The van der Waals surface area contributed by atoms with E-state index in [1.54, 1.807) is 28.8 Å². The third-order valence-electron chi connectivity index (χ3n) is 3.44. The van der Waals surface area contributed by atoms with Crippen molar-refractivity contribution in [1.29, 1.82) is 0 Å². The molecule has 0 saturated carbocycles. The van der Waals surface area contributed by atoms with Crippen LogP contribution in [0, 0.1) is 13.8 Å². The van der Waals surface area contributed by atoms with Crippen LogP contribution in [-0.2, 0) is 6.61 Å². The number of hydrogen-bond acceptors (Lipinski definition) is 5. The van der Waals surface area contributed by atoms with Gasteiger partial charge in [0.05, 0.1) is 18.0 Å². The molecule has 0 amide bonds. The molecule has 6 nitrogen and oxygen atoms in total. The maximum atomic E-state index is 9.42. The summed E-state index contributed by atoms with van der Waals surface area (Å²) >= 11 is 0. The van der Waals surface area contributed by atoms with Gasteiger partial charge >= 0.3 is 0 Å². The van der Waals surface area contributed by atoms with Crippen LogP contribution in [-0.4, -0.2) is 19.6 Å². The monoisotopic (exact) mass is 296 g/mol. The fraction of sp³-hybridized carbons (Fsp3) is 0.188. The number of phenolic OH excluding ortho intramolecular Hbond substituents is 1. The average Bonchev–Trinajstić information content (AvgIpc) is 2.81. The Hall–Kier alpha value is -2.73. The second kappa shape index (κ2) is 5.57. The number of hydrogen-bond donors (Lipinski definition) is 2. The van der Waals surface area contributed by atoms with Gasteiger partial charge in [0.1, 0.15) is 11.4 Å². The quantitative estimate of drug-likeness (QED) is 0.725. The molecule has 0 spiro atoms. The van der Waals surface area contributed by atoms with E-state index in [-0.39, 0.29) is 12.4 Å². The normalized spacial score (nSPS) is 11.6. The Labute approximate surface area is 127 Å². The van der Waals surface area contributed by atoms with Gasteiger partial charge in [-0.05, 0) is 49.2 Å². The van der Waals surface area contributed by atoms with E-state index in [0.717, 1.165) is 22.5 Å². The van der Waals surface area contributed by atoms with Crippen molar-refractivity contribution in [2.75, 3.05) is 0 Å². The van der Waals surface area contributed by atoms with Crippen molar-refractivity contribution in [3.63, 3.8) is 0 Å². The van der Waals surface area contributed by atoms with Gasteiger partial charge in [0, 0.05) is 6.20 Å². The lowest BCUT2D eigenvalue weighted by molar-refractivity contribution is 0.281. The molecule has 0 aliphatic heterocycles. The number of nitrogens with zero attached hydrogens (tertiary/aromatic N) is 4. The van der Waals surface area contributed by atoms with Crippen molar-refractivity contribution in [1.82, 2.24) is 9.38 Å². The van der Waals surface area contributed by atoms with E-state index < -0.39 is 0 Å². The Balaban J connectivity index is 2.06. The summed E-state index contributed by atoms with van der Waals surface area (Å²) in [6.07, 6.45) is 1.80.